The molecule has 2 amide bonds. The molecule has 0 atom stereocenters. The molecule has 0 spiro atoms. The highest BCUT2D eigenvalue weighted by molar-refractivity contribution is 5.95. The molecular weight excluding hydrogens is 242 g/mol. The lowest BCUT2D eigenvalue weighted by Gasteiger charge is -2.17. The highest BCUT2D eigenvalue weighted by atomic mass is 19.3. The first kappa shape index (κ1) is 14.1. The molecule has 0 aliphatic rings. The number of nitrogens with one attached hydrogen (secondary N) is 1. The van der Waals surface area contributed by atoms with Gasteiger partial charge in [0.25, 0.3) is 6.43 Å². The van der Waals surface area contributed by atoms with Crippen LogP contribution >= 0.6 is 0 Å². The van der Waals surface area contributed by atoms with Gasteiger partial charge >= 0.3 is 6.03 Å². The van der Waals surface area contributed by atoms with Gasteiger partial charge in [-0.05, 0) is 31.2 Å². The summed E-state index contributed by atoms with van der Waals surface area (Å²) in [6.07, 6.45) is -2.57. The Hall–Kier alpha value is -1.98. The fourth-order valence-corrected chi connectivity index (χ4v) is 1.30. The lowest BCUT2D eigenvalue weighted by atomic mass is 10.1. The molecule has 0 fully saturated rings. The predicted octanol–water partition coefficient (Wildman–Crippen LogP) is 2.62. The van der Waals surface area contributed by atoms with Crippen molar-refractivity contribution in [2.24, 2.45) is 0 Å². The van der Waals surface area contributed by atoms with Crippen molar-refractivity contribution in [2.75, 3.05) is 18.9 Å². The number of hydrogen-bond acceptors (Lipinski definition) is 2. The van der Waals surface area contributed by atoms with E-state index in [-0.39, 0.29) is 5.78 Å². The number of carbonyl (C=O) groups excluding carboxylic acids is 2. The summed E-state index contributed by atoms with van der Waals surface area (Å²) in [4.78, 5) is 23.4. The number of halogens is 2. The smallest absolute Gasteiger partial charge is 0.321 e. The Labute approximate surface area is 104 Å². The first-order valence-corrected chi connectivity index (χ1v) is 5.31. The molecule has 1 aromatic rings. The third-order valence-corrected chi connectivity index (χ3v) is 2.30. The lowest BCUT2D eigenvalue weighted by molar-refractivity contribution is 0.101. The zero-order chi connectivity index (χ0) is 13.7. The van der Waals surface area contributed by atoms with Gasteiger partial charge in [-0.25, -0.2) is 13.6 Å². The number of Topliss-reactive ketones (excluding diaryl/α,β-unsaturated/α-hetero) is 1. The number of nitrogens with zero attached hydrogens (tertiary/aromatic N) is 1. The molecule has 0 unspecified atom stereocenters. The van der Waals surface area contributed by atoms with Gasteiger partial charge in [0.05, 0.1) is 6.54 Å². The Morgan fingerprint density at radius 3 is 2.28 bits per heavy atom. The molecule has 0 saturated heterocycles. The molecule has 1 N–H and O–H groups in total. The fourth-order valence-electron chi connectivity index (χ4n) is 1.30. The van der Waals surface area contributed by atoms with Crippen molar-refractivity contribution in [1.29, 1.82) is 0 Å². The Balaban J connectivity index is 2.62. The second-order valence-corrected chi connectivity index (χ2v) is 3.84. The number of ketones is 1. The maximum absolute atomic E-state index is 12.1. The van der Waals surface area contributed by atoms with Crippen molar-refractivity contribution < 1.29 is 18.4 Å². The average Bonchev–Trinajstić information content (AvgIpc) is 2.28. The largest absolute Gasteiger partial charge is 0.322 e. The molecule has 18 heavy (non-hydrogen) atoms. The molecule has 0 bridgehead atoms. The molecule has 0 radical (unpaired) electrons. The van der Waals surface area contributed by atoms with E-state index in [1.165, 1.54) is 14.0 Å². The van der Waals surface area contributed by atoms with E-state index >= 15 is 0 Å². The van der Waals surface area contributed by atoms with Crippen LogP contribution in [0.3, 0.4) is 0 Å². The second-order valence-electron chi connectivity index (χ2n) is 3.84. The van der Waals surface area contributed by atoms with E-state index < -0.39 is 19.0 Å². The van der Waals surface area contributed by atoms with Crippen molar-refractivity contribution in [3.8, 4) is 0 Å². The SMILES string of the molecule is CC(=O)c1ccc(NC(=O)N(C)CC(F)F)cc1. The van der Waals surface area contributed by atoms with Crippen molar-refractivity contribution >= 4 is 17.5 Å². The number of amides is 2. The predicted molar refractivity (Wildman–Crippen MR) is 64.1 cm³/mol. The number of benzene rings is 1. The van der Waals surface area contributed by atoms with Crippen LogP contribution in [0.1, 0.15) is 17.3 Å². The van der Waals surface area contributed by atoms with Gasteiger partial charge in [-0.15, -0.1) is 0 Å². The molecular formula is C12H14F2N2O2. The van der Waals surface area contributed by atoms with Gasteiger partial charge in [-0.1, -0.05) is 0 Å². The van der Waals surface area contributed by atoms with E-state index in [2.05, 4.69) is 5.32 Å². The monoisotopic (exact) mass is 256 g/mol. The van der Waals surface area contributed by atoms with E-state index in [4.69, 9.17) is 0 Å². The lowest BCUT2D eigenvalue weighted by Crippen LogP contribution is -2.34. The Bertz CT molecular complexity index is 432. The van der Waals surface area contributed by atoms with Crippen LogP contribution in [0.5, 0.6) is 0 Å². The van der Waals surface area contributed by atoms with Crippen molar-refractivity contribution in [3.05, 3.63) is 29.8 Å². The Kier molecular flexibility index (Phi) is 4.76. The molecule has 4 nitrogen and oxygen atoms in total. The quantitative estimate of drug-likeness (QED) is 0.842. The van der Waals surface area contributed by atoms with Gasteiger partial charge in [-0.3, -0.25) is 4.79 Å². The van der Waals surface area contributed by atoms with E-state index in [1.807, 2.05) is 0 Å². The van der Waals surface area contributed by atoms with Crippen molar-refractivity contribution in [2.45, 2.75) is 13.3 Å². The minimum Gasteiger partial charge on any atom is -0.322 e. The van der Waals surface area contributed by atoms with Gasteiger partial charge in [0.15, 0.2) is 5.78 Å². The molecule has 98 valence electrons. The normalized spacial score (nSPS) is 10.3. The maximum Gasteiger partial charge on any atom is 0.321 e. The second kappa shape index (κ2) is 6.09. The van der Waals surface area contributed by atoms with Crippen LogP contribution in [0.15, 0.2) is 24.3 Å². The molecule has 0 heterocycles. The van der Waals surface area contributed by atoms with Gasteiger partial charge in [-0.2, -0.15) is 0 Å². The maximum atomic E-state index is 12.1. The van der Waals surface area contributed by atoms with Gasteiger partial charge in [0.2, 0.25) is 0 Å². The van der Waals surface area contributed by atoms with Crippen LogP contribution in [0, 0.1) is 0 Å². The number of anilines is 1. The summed E-state index contributed by atoms with van der Waals surface area (Å²) in [5.41, 5.74) is 0.972. The number of rotatable bonds is 4. The third kappa shape index (κ3) is 4.12. The molecule has 6 heteroatoms. The summed E-state index contributed by atoms with van der Waals surface area (Å²) in [6.45, 7) is 0.807. The topological polar surface area (TPSA) is 49.4 Å². The number of hydrogen-bond donors (Lipinski definition) is 1. The molecule has 0 saturated carbocycles. The first-order valence-electron chi connectivity index (χ1n) is 5.31. The summed E-state index contributed by atoms with van der Waals surface area (Å²) in [5, 5.41) is 2.46. The zero-order valence-electron chi connectivity index (χ0n) is 10.1. The number of carbonyl (C=O) groups is 2. The van der Waals surface area contributed by atoms with Crippen LogP contribution in [0.2, 0.25) is 0 Å². The fraction of sp³-hybridized carbons (Fsp3) is 0.333. The summed E-state index contributed by atoms with van der Waals surface area (Å²) in [5.74, 6) is -0.0808. The Morgan fingerprint density at radius 1 is 1.28 bits per heavy atom. The van der Waals surface area contributed by atoms with Gasteiger partial charge in [0, 0.05) is 18.3 Å². The van der Waals surface area contributed by atoms with Crippen molar-refractivity contribution in [3.63, 3.8) is 0 Å². The van der Waals surface area contributed by atoms with Crippen LogP contribution in [-0.4, -0.2) is 36.7 Å². The number of alkyl halides is 2. The minimum atomic E-state index is -2.57. The first-order chi connectivity index (χ1) is 8.40. The summed E-state index contributed by atoms with van der Waals surface area (Å²) < 4.78 is 24.1. The summed E-state index contributed by atoms with van der Waals surface area (Å²) in [6, 6.07) is 5.59. The molecule has 0 aliphatic carbocycles. The summed E-state index contributed by atoms with van der Waals surface area (Å²) >= 11 is 0. The van der Waals surface area contributed by atoms with Crippen LogP contribution < -0.4 is 5.32 Å². The third-order valence-electron chi connectivity index (χ3n) is 2.30. The minimum absolute atomic E-state index is 0.0808. The highest BCUT2D eigenvalue weighted by Gasteiger charge is 2.13. The molecule has 0 aliphatic heterocycles. The average molecular weight is 256 g/mol. The van der Waals surface area contributed by atoms with Crippen LogP contribution in [-0.2, 0) is 0 Å². The van der Waals surface area contributed by atoms with Gasteiger partial charge in [0.1, 0.15) is 0 Å². The molecule has 0 aromatic heterocycles. The standard InChI is InChI=1S/C12H14F2N2O2/c1-8(17)9-3-5-10(6-4-9)15-12(18)16(2)7-11(13)14/h3-6,11H,7H2,1-2H3,(H,15,18). The highest BCUT2D eigenvalue weighted by Crippen LogP contribution is 2.11. The Morgan fingerprint density at radius 2 is 1.83 bits per heavy atom. The van der Waals surface area contributed by atoms with Gasteiger partial charge < -0.3 is 10.2 Å². The molecule has 1 rings (SSSR count). The van der Waals surface area contributed by atoms with E-state index in [9.17, 15) is 18.4 Å². The van der Waals surface area contributed by atoms with E-state index in [1.54, 1.807) is 24.3 Å². The number of urea groups is 1. The van der Waals surface area contributed by atoms with E-state index in [0.717, 1.165) is 4.90 Å². The van der Waals surface area contributed by atoms with E-state index in [0.29, 0.717) is 11.3 Å². The molecule has 1 aromatic carbocycles. The summed E-state index contributed by atoms with van der Waals surface area (Å²) in [7, 11) is 1.28. The van der Waals surface area contributed by atoms with Crippen LogP contribution in [0.4, 0.5) is 19.3 Å². The zero-order valence-corrected chi connectivity index (χ0v) is 10.1. The van der Waals surface area contributed by atoms with Crippen LogP contribution in [0.25, 0.3) is 0 Å². The van der Waals surface area contributed by atoms with Crippen molar-refractivity contribution in [1.82, 2.24) is 4.90 Å².